The van der Waals surface area contributed by atoms with Gasteiger partial charge in [-0.25, -0.2) is 0 Å². The Bertz CT molecular complexity index is 250. The molecule has 60 valence electrons. The summed E-state index contributed by atoms with van der Waals surface area (Å²) in [6.45, 7) is 2.16. The van der Waals surface area contributed by atoms with Gasteiger partial charge in [0.05, 0.1) is 0 Å². The fourth-order valence-corrected chi connectivity index (χ4v) is 2.76. The molecule has 0 nitrogen and oxygen atoms in total. The Morgan fingerprint density at radius 3 is 2.91 bits per heavy atom. The van der Waals surface area contributed by atoms with E-state index in [9.17, 15) is 0 Å². The molecule has 0 atom stereocenters. The van der Waals surface area contributed by atoms with Gasteiger partial charge >= 0.3 is 0 Å². The van der Waals surface area contributed by atoms with Crippen molar-refractivity contribution in [2.24, 2.45) is 0 Å². The third kappa shape index (κ3) is 2.95. The van der Waals surface area contributed by atoms with Gasteiger partial charge in [0, 0.05) is 12.9 Å². The third-order valence-electron chi connectivity index (χ3n) is 1.19. The number of thioether (sulfide) groups is 1. The molecule has 1 aromatic carbocycles. The summed E-state index contributed by atoms with van der Waals surface area (Å²) in [7, 11) is 0. The van der Waals surface area contributed by atoms with Crippen LogP contribution in [0.25, 0.3) is 0 Å². The van der Waals surface area contributed by atoms with Crippen LogP contribution in [0.2, 0.25) is 0 Å². The van der Waals surface area contributed by atoms with Gasteiger partial charge in [0.25, 0.3) is 0 Å². The summed E-state index contributed by atoms with van der Waals surface area (Å²) in [5.74, 6) is 1.12. The summed E-state index contributed by atoms with van der Waals surface area (Å²) in [6, 6.07) is 6.39. The second-order valence-electron chi connectivity index (χ2n) is 2.01. The number of benzene rings is 1. The van der Waals surface area contributed by atoms with Crippen LogP contribution in [-0.2, 0) is 0 Å². The van der Waals surface area contributed by atoms with E-state index in [1.54, 1.807) is 0 Å². The normalized spacial score (nSPS) is 10.1. The molecule has 0 saturated carbocycles. The van der Waals surface area contributed by atoms with Crippen LogP contribution in [0.1, 0.15) is 6.92 Å². The molecule has 0 radical (unpaired) electrons. The predicted octanol–water partition coefficient (Wildman–Crippen LogP) is 4.17. The summed E-state index contributed by atoms with van der Waals surface area (Å²) < 4.78 is 2.49. The molecule has 0 amide bonds. The van der Waals surface area contributed by atoms with Crippen LogP contribution in [0.15, 0.2) is 27.6 Å². The molecule has 0 heterocycles. The zero-order valence-electron chi connectivity index (χ0n) is 6.10. The van der Waals surface area contributed by atoms with Gasteiger partial charge in [-0.1, -0.05) is 6.92 Å². The molecule has 0 aromatic heterocycles. The summed E-state index contributed by atoms with van der Waals surface area (Å²) >= 11 is 7.70. The molecular formula is C8H8BrIS. The monoisotopic (exact) mass is 342 g/mol. The summed E-state index contributed by atoms with van der Waals surface area (Å²) in [5, 5.41) is 0. The van der Waals surface area contributed by atoms with E-state index in [1.807, 2.05) is 11.8 Å². The minimum Gasteiger partial charge on any atom is -0.125 e. The molecule has 1 aromatic rings. The Balaban J connectivity index is 2.93. The van der Waals surface area contributed by atoms with Gasteiger partial charge in [-0.3, -0.25) is 0 Å². The molecule has 3 heteroatoms. The van der Waals surface area contributed by atoms with Crippen molar-refractivity contribution < 1.29 is 0 Å². The SMILES string of the molecule is CCSc1cc(I)ccc1Br. The van der Waals surface area contributed by atoms with Gasteiger partial charge in [-0.15, -0.1) is 11.8 Å². The first kappa shape index (κ1) is 9.86. The highest BCUT2D eigenvalue weighted by Crippen LogP contribution is 2.28. The van der Waals surface area contributed by atoms with Crippen molar-refractivity contribution in [3.8, 4) is 0 Å². The van der Waals surface area contributed by atoms with Gasteiger partial charge in [0.15, 0.2) is 0 Å². The lowest BCUT2D eigenvalue weighted by Crippen LogP contribution is -1.77. The lowest BCUT2D eigenvalue weighted by molar-refractivity contribution is 1.37. The van der Waals surface area contributed by atoms with E-state index in [1.165, 1.54) is 12.9 Å². The smallest absolute Gasteiger partial charge is 0.0311 e. The van der Waals surface area contributed by atoms with Crippen LogP contribution in [0, 0.1) is 3.57 Å². The summed E-state index contributed by atoms with van der Waals surface area (Å²) in [5.41, 5.74) is 0. The number of hydrogen-bond acceptors (Lipinski definition) is 1. The largest absolute Gasteiger partial charge is 0.125 e. The van der Waals surface area contributed by atoms with Crippen molar-refractivity contribution in [3.05, 3.63) is 26.2 Å². The van der Waals surface area contributed by atoms with Crippen molar-refractivity contribution in [1.29, 1.82) is 0 Å². The summed E-state index contributed by atoms with van der Waals surface area (Å²) in [4.78, 5) is 1.33. The first-order valence-corrected chi connectivity index (χ1v) is 6.17. The molecule has 0 N–H and O–H groups in total. The predicted molar refractivity (Wildman–Crippen MR) is 63.3 cm³/mol. The number of halogens is 2. The minimum atomic E-state index is 1.12. The average molecular weight is 343 g/mol. The average Bonchev–Trinajstić information content (AvgIpc) is 1.98. The van der Waals surface area contributed by atoms with Crippen molar-refractivity contribution in [1.82, 2.24) is 0 Å². The van der Waals surface area contributed by atoms with Crippen LogP contribution >= 0.6 is 50.3 Å². The van der Waals surface area contributed by atoms with E-state index in [2.05, 4.69) is 63.6 Å². The lowest BCUT2D eigenvalue weighted by Gasteiger charge is -2.01. The molecule has 1 rings (SSSR count). The van der Waals surface area contributed by atoms with Crippen molar-refractivity contribution in [2.45, 2.75) is 11.8 Å². The lowest BCUT2D eigenvalue weighted by atomic mass is 10.4. The van der Waals surface area contributed by atoms with E-state index in [0.29, 0.717) is 0 Å². The highest BCUT2D eigenvalue weighted by molar-refractivity contribution is 14.1. The van der Waals surface area contributed by atoms with Gasteiger partial charge < -0.3 is 0 Å². The van der Waals surface area contributed by atoms with Gasteiger partial charge in [0.2, 0.25) is 0 Å². The standard InChI is InChI=1S/C8H8BrIS/c1-2-11-8-5-6(10)3-4-7(8)9/h3-5H,2H2,1H3. The van der Waals surface area contributed by atoms with Crippen LogP contribution < -0.4 is 0 Å². The van der Waals surface area contributed by atoms with Crippen LogP contribution in [0.4, 0.5) is 0 Å². The maximum Gasteiger partial charge on any atom is 0.0311 e. The highest BCUT2D eigenvalue weighted by atomic mass is 127. The van der Waals surface area contributed by atoms with Crippen molar-refractivity contribution >= 4 is 50.3 Å². The van der Waals surface area contributed by atoms with E-state index in [0.717, 1.165) is 5.75 Å². The Morgan fingerprint density at radius 1 is 1.55 bits per heavy atom. The van der Waals surface area contributed by atoms with Crippen molar-refractivity contribution in [2.75, 3.05) is 5.75 Å². The van der Waals surface area contributed by atoms with Gasteiger partial charge in [-0.05, 0) is 62.5 Å². The fraction of sp³-hybridized carbons (Fsp3) is 0.250. The molecule has 0 unspecified atom stereocenters. The van der Waals surface area contributed by atoms with Crippen molar-refractivity contribution in [3.63, 3.8) is 0 Å². The second-order valence-corrected chi connectivity index (χ2v) is 5.41. The molecule has 0 aliphatic carbocycles. The summed E-state index contributed by atoms with van der Waals surface area (Å²) in [6.07, 6.45) is 0. The molecular weight excluding hydrogens is 335 g/mol. The topological polar surface area (TPSA) is 0 Å². The van der Waals surface area contributed by atoms with Gasteiger partial charge in [0.1, 0.15) is 0 Å². The third-order valence-corrected chi connectivity index (χ3v) is 3.76. The first-order chi connectivity index (χ1) is 5.24. The van der Waals surface area contributed by atoms with Crippen LogP contribution in [0.3, 0.4) is 0 Å². The van der Waals surface area contributed by atoms with Crippen LogP contribution in [0.5, 0.6) is 0 Å². The maximum absolute atomic E-state index is 3.51. The number of rotatable bonds is 2. The Hall–Kier alpha value is 0.780. The Kier molecular flexibility index (Phi) is 4.23. The quantitative estimate of drug-likeness (QED) is 0.574. The number of hydrogen-bond donors (Lipinski definition) is 0. The second kappa shape index (κ2) is 4.72. The van der Waals surface area contributed by atoms with E-state index in [4.69, 9.17) is 0 Å². The fourth-order valence-electron chi connectivity index (χ4n) is 0.743. The van der Waals surface area contributed by atoms with E-state index < -0.39 is 0 Å². The molecule has 0 spiro atoms. The van der Waals surface area contributed by atoms with E-state index in [-0.39, 0.29) is 0 Å². The zero-order chi connectivity index (χ0) is 8.27. The van der Waals surface area contributed by atoms with E-state index >= 15 is 0 Å². The molecule has 0 saturated heterocycles. The molecule has 0 fully saturated rings. The Morgan fingerprint density at radius 2 is 2.27 bits per heavy atom. The minimum absolute atomic E-state index is 1.12. The van der Waals surface area contributed by atoms with Crippen LogP contribution in [-0.4, -0.2) is 5.75 Å². The maximum atomic E-state index is 3.51. The van der Waals surface area contributed by atoms with Gasteiger partial charge in [-0.2, -0.15) is 0 Å². The molecule has 0 aliphatic rings. The highest BCUT2D eigenvalue weighted by Gasteiger charge is 1.98. The molecule has 11 heavy (non-hydrogen) atoms. The Labute approximate surface area is 93.4 Å². The first-order valence-electron chi connectivity index (χ1n) is 3.32. The molecule has 0 aliphatic heterocycles. The zero-order valence-corrected chi connectivity index (χ0v) is 10.7. The molecule has 0 bridgehead atoms.